The third-order valence-corrected chi connectivity index (χ3v) is 5.56. The Morgan fingerprint density at radius 1 is 1.07 bits per heavy atom. The molecule has 146 valence electrons. The fourth-order valence-corrected chi connectivity index (χ4v) is 3.84. The van der Waals surface area contributed by atoms with Crippen molar-refractivity contribution in [3.05, 3.63) is 52.5 Å². The van der Waals surface area contributed by atoms with Gasteiger partial charge in [-0.25, -0.2) is 0 Å². The zero-order valence-corrected chi connectivity index (χ0v) is 16.8. The maximum atomic E-state index is 13.1. The van der Waals surface area contributed by atoms with Crippen LogP contribution in [0.4, 0.5) is 11.4 Å². The normalized spacial score (nSPS) is 21.6. The summed E-state index contributed by atoms with van der Waals surface area (Å²) in [6.45, 7) is 3.79. The van der Waals surface area contributed by atoms with E-state index in [9.17, 15) is 9.59 Å². The zero-order valence-electron chi connectivity index (χ0n) is 15.2. The summed E-state index contributed by atoms with van der Waals surface area (Å²) in [7, 11) is 0. The monoisotopic (exact) mass is 419 g/mol. The molecule has 1 fully saturated rings. The molecule has 1 atom stereocenters. The number of hydrogen-bond acceptors (Lipinski definition) is 4. The quantitative estimate of drug-likeness (QED) is 0.757. The number of nitrogens with one attached hydrogen (secondary N) is 1. The van der Waals surface area contributed by atoms with Crippen molar-refractivity contribution in [2.75, 3.05) is 36.4 Å². The Hall–Kier alpha value is -2.44. The molecule has 0 spiro atoms. The minimum Gasteiger partial charge on any atom is -0.466 e. The number of amides is 2. The van der Waals surface area contributed by atoms with Crippen LogP contribution in [-0.4, -0.2) is 48.5 Å². The first-order valence-corrected chi connectivity index (χ1v) is 9.72. The predicted octanol–water partition coefficient (Wildman–Crippen LogP) is 3.43. The second-order valence-electron chi connectivity index (χ2n) is 6.99. The second kappa shape index (κ2) is 7.18. The van der Waals surface area contributed by atoms with Crippen molar-refractivity contribution in [3.63, 3.8) is 0 Å². The Kier molecular flexibility index (Phi) is 4.85. The number of carbonyl (C=O) groups is 2. The highest BCUT2D eigenvalue weighted by atomic mass is 35.5. The average Bonchev–Trinajstić information content (AvgIpc) is 2.69. The summed E-state index contributed by atoms with van der Waals surface area (Å²) >= 11 is 12.0. The molecule has 0 radical (unpaired) electrons. The lowest BCUT2D eigenvalue weighted by atomic mass is 10.00. The van der Waals surface area contributed by atoms with Gasteiger partial charge in [0.2, 0.25) is 0 Å². The molecular formula is C20H19Cl2N3O3. The van der Waals surface area contributed by atoms with Gasteiger partial charge in [0, 0.05) is 41.9 Å². The lowest BCUT2D eigenvalue weighted by Crippen LogP contribution is -2.62. The van der Waals surface area contributed by atoms with Crippen molar-refractivity contribution in [1.82, 2.24) is 4.90 Å². The number of anilines is 2. The van der Waals surface area contributed by atoms with Gasteiger partial charge >= 0.3 is 0 Å². The van der Waals surface area contributed by atoms with Gasteiger partial charge in [-0.3, -0.25) is 9.59 Å². The van der Waals surface area contributed by atoms with E-state index in [1.807, 2.05) is 24.3 Å². The molecule has 2 amide bonds. The van der Waals surface area contributed by atoms with Crippen LogP contribution in [0, 0.1) is 0 Å². The van der Waals surface area contributed by atoms with Crippen LogP contribution in [0.5, 0.6) is 5.75 Å². The third kappa shape index (κ3) is 3.38. The Bertz CT molecular complexity index is 944. The largest absolute Gasteiger partial charge is 0.466 e. The molecule has 1 unspecified atom stereocenters. The lowest BCUT2D eigenvalue weighted by Gasteiger charge is -2.41. The van der Waals surface area contributed by atoms with E-state index in [2.05, 4.69) is 10.2 Å². The van der Waals surface area contributed by atoms with Crippen LogP contribution in [0.25, 0.3) is 0 Å². The van der Waals surface area contributed by atoms with E-state index in [0.29, 0.717) is 47.7 Å². The fraction of sp³-hybridized carbons (Fsp3) is 0.300. The predicted molar refractivity (Wildman–Crippen MR) is 109 cm³/mol. The van der Waals surface area contributed by atoms with E-state index in [-0.39, 0.29) is 5.91 Å². The maximum Gasteiger partial charge on any atom is 0.278 e. The number of rotatable bonds is 2. The number of benzene rings is 2. The molecular weight excluding hydrogens is 401 g/mol. The summed E-state index contributed by atoms with van der Waals surface area (Å²) in [5, 5.41) is 3.89. The molecule has 2 aromatic rings. The minimum atomic E-state index is -1.61. The number of nitrogens with zero attached hydrogens (tertiary/aromatic N) is 2. The Morgan fingerprint density at radius 2 is 1.79 bits per heavy atom. The van der Waals surface area contributed by atoms with Crippen LogP contribution >= 0.6 is 23.2 Å². The van der Waals surface area contributed by atoms with Crippen LogP contribution < -0.4 is 15.0 Å². The molecule has 0 saturated carbocycles. The average molecular weight is 420 g/mol. The standard InChI is InChI=1S/C20H19Cl2N3O3/c1-20(18(26)23-16-12-14(22)5-6-17(16)28-20)19(27)25-9-7-24(8-10-25)15-4-2-3-13(21)11-15/h2-6,11-12H,7-10H2,1H3,(H,23,26). The van der Waals surface area contributed by atoms with Crippen LogP contribution in [0.3, 0.4) is 0 Å². The van der Waals surface area contributed by atoms with Crippen LogP contribution in [0.15, 0.2) is 42.5 Å². The number of hydrogen-bond donors (Lipinski definition) is 1. The molecule has 2 aromatic carbocycles. The van der Waals surface area contributed by atoms with E-state index in [0.717, 1.165) is 5.69 Å². The van der Waals surface area contributed by atoms with Crippen LogP contribution in [0.2, 0.25) is 10.0 Å². The summed E-state index contributed by atoms with van der Waals surface area (Å²) in [5.74, 6) is -0.418. The molecule has 2 aliphatic rings. The van der Waals surface area contributed by atoms with Crippen molar-refractivity contribution < 1.29 is 14.3 Å². The zero-order chi connectivity index (χ0) is 19.9. The molecule has 6 nitrogen and oxygen atoms in total. The number of fused-ring (bicyclic) bond motifs is 1. The first kappa shape index (κ1) is 18.9. The number of carbonyl (C=O) groups excluding carboxylic acids is 2. The fourth-order valence-electron chi connectivity index (χ4n) is 3.48. The molecule has 0 bridgehead atoms. The number of piperazine rings is 1. The summed E-state index contributed by atoms with van der Waals surface area (Å²) in [4.78, 5) is 29.6. The highest BCUT2D eigenvalue weighted by molar-refractivity contribution is 6.31. The molecule has 1 N–H and O–H groups in total. The Balaban J connectivity index is 1.47. The van der Waals surface area contributed by atoms with Gasteiger partial charge in [0.25, 0.3) is 17.4 Å². The van der Waals surface area contributed by atoms with Crippen LogP contribution in [-0.2, 0) is 9.59 Å². The van der Waals surface area contributed by atoms with Gasteiger partial charge < -0.3 is 19.9 Å². The number of ether oxygens (including phenoxy) is 1. The van der Waals surface area contributed by atoms with Crippen molar-refractivity contribution >= 4 is 46.4 Å². The maximum absolute atomic E-state index is 13.1. The Labute approximate surface area is 173 Å². The van der Waals surface area contributed by atoms with Gasteiger partial charge in [0.1, 0.15) is 5.75 Å². The van der Waals surface area contributed by atoms with E-state index in [1.165, 1.54) is 6.92 Å². The molecule has 28 heavy (non-hydrogen) atoms. The first-order chi connectivity index (χ1) is 13.4. The van der Waals surface area contributed by atoms with Gasteiger partial charge in [-0.1, -0.05) is 29.3 Å². The van der Waals surface area contributed by atoms with Crippen molar-refractivity contribution in [2.45, 2.75) is 12.5 Å². The summed E-state index contributed by atoms with van der Waals surface area (Å²) < 4.78 is 5.84. The highest BCUT2D eigenvalue weighted by Gasteiger charge is 2.49. The Morgan fingerprint density at radius 3 is 2.50 bits per heavy atom. The molecule has 0 aromatic heterocycles. The molecule has 8 heteroatoms. The second-order valence-corrected chi connectivity index (χ2v) is 7.86. The lowest BCUT2D eigenvalue weighted by molar-refractivity contribution is -0.154. The van der Waals surface area contributed by atoms with Crippen LogP contribution in [0.1, 0.15) is 6.92 Å². The molecule has 1 saturated heterocycles. The van der Waals surface area contributed by atoms with Crippen molar-refractivity contribution in [3.8, 4) is 5.75 Å². The molecule has 2 heterocycles. The van der Waals surface area contributed by atoms with Gasteiger partial charge in [0.15, 0.2) is 0 Å². The van der Waals surface area contributed by atoms with Crippen molar-refractivity contribution in [2.24, 2.45) is 0 Å². The molecule has 0 aliphatic carbocycles. The van der Waals surface area contributed by atoms with E-state index in [4.69, 9.17) is 27.9 Å². The van der Waals surface area contributed by atoms with Gasteiger partial charge in [-0.15, -0.1) is 0 Å². The van der Waals surface area contributed by atoms with E-state index >= 15 is 0 Å². The van der Waals surface area contributed by atoms with Gasteiger partial charge in [-0.05, 0) is 43.3 Å². The van der Waals surface area contributed by atoms with E-state index in [1.54, 1.807) is 23.1 Å². The van der Waals surface area contributed by atoms with E-state index < -0.39 is 11.5 Å². The summed E-state index contributed by atoms with van der Waals surface area (Å²) in [5.41, 5.74) is -0.129. The topological polar surface area (TPSA) is 61.9 Å². The summed E-state index contributed by atoms with van der Waals surface area (Å²) in [6, 6.07) is 12.5. The minimum absolute atomic E-state index is 0.351. The first-order valence-electron chi connectivity index (χ1n) is 8.97. The molecule has 4 rings (SSSR count). The highest BCUT2D eigenvalue weighted by Crippen LogP contribution is 2.36. The summed E-state index contributed by atoms with van der Waals surface area (Å²) in [6.07, 6.45) is 0. The SMILES string of the molecule is CC1(C(=O)N2CCN(c3cccc(Cl)c3)CC2)Oc2ccc(Cl)cc2NC1=O. The van der Waals surface area contributed by atoms with Gasteiger partial charge in [-0.2, -0.15) is 0 Å². The molecule has 2 aliphatic heterocycles. The van der Waals surface area contributed by atoms with Gasteiger partial charge in [0.05, 0.1) is 5.69 Å². The van der Waals surface area contributed by atoms with Crippen molar-refractivity contribution in [1.29, 1.82) is 0 Å². The third-order valence-electron chi connectivity index (χ3n) is 5.09. The number of halogens is 2. The smallest absolute Gasteiger partial charge is 0.278 e.